The molecule has 1 aliphatic rings. The van der Waals surface area contributed by atoms with Crippen LogP contribution in [0.3, 0.4) is 0 Å². The van der Waals surface area contributed by atoms with Crippen LogP contribution >= 0.6 is 22.6 Å². The Morgan fingerprint density at radius 3 is 2.47 bits per heavy atom. The first-order valence-corrected chi connectivity index (χ1v) is 7.20. The summed E-state index contributed by atoms with van der Waals surface area (Å²) in [4.78, 5) is 16.2. The third kappa shape index (κ3) is 3.65. The lowest BCUT2D eigenvalue weighted by Gasteiger charge is -2.28. The van der Waals surface area contributed by atoms with Crippen LogP contribution in [0, 0.1) is 8.99 Å². The summed E-state index contributed by atoms with van der Waals surface area (Å²) in [6.45, 7) is 3.96. The molecule has 1 aromatic carbocycles. The second-order valence-corrected chi connectivity index (χ2v) is 6.78. The molecule has 0 aromatic heterocycles. The van der Waals surface area contributed by atoms with Gasteiger partial charge in [-0.1, -0.05) is 13.8 Å². The maximum atomic E-state index is 12.0. The van der Waals surface area contributed by atoms with E-state index in [1.807, 2.05) is 38.1 Å². The maximum absolute atomic E-state index is 12.0. The van der Waals surface area contributed by atoms with Gasteiger partial charge in [0, 0.05) is 22.6 Å². The SMILES string of the molecule is CC1(C)CC(=O)C(C=Nc2ccc(I)cc2)=C(O)C1. The minimum atomic E-state index is -0.165. The molecule has 19 heavy (non-hydrogen) atoms. The van der Waals surface area contributed by atoms with E-state index in [2.05, 4.69) is 27.6 Å². The minimum Gasteiger partial charge on any atom is -0.511 e. The summed E-state index contributed by atoms with van der Waals surface area (Å²) >= 11 is 2.22. The second kappa shape index (κ2) is 5.45. The molecular weight excluding hydrogens is 353 g/mol. The quantitative estimate of drug-likeness (QED) is 0.628. The van der Waals surface area contributed by atoms with E-state index in [0.29, 0.717) is 18.4 Å². The minimum absolute atomic E-state index is 0.0389. The van der Waals surface area contributed by atoms with Crippen LogP contribution < -0.4 is 0 Å². The number of aliphatic hydroxyl groups is 1. The number of Topliss-reactive ketones (excluding diaryl/α,β-unsaturated/α-hetero) is 1. The molecule has 0 bridgehead atoms. The Kier molecular flexibility index (Phi) is 4.08. The summed E-state index contributed by atoms with van der Waals surface area (Å²) in [6.07, 6.45) is 2.45. The van der Waals surface area contributed by atoms with E-state index in [9.17, 15) is 9.90 Å². The first-order chi connectivity index (χ1) is 8.87. The average molecular weight is 369 g/mol. The Bertz CT molecular complexity index is 556. The van der Waals surface area contributed by atoms with E-state index in [1.165, 1.54) is 6.21 Å². The highest BCUT2D eigenvalue weighted by Crippen LogP contribution is 2.35. The number of rotatable bonds is 2. The zero-order chi connectivity index (χ0) is 14.0. The molecule has 0 fully saturated rings. The van der Waals surface area contributed by atoms with Crippen molar-refractivity contribution in [1.82, 2.24) is 0 Å². The van der Waals surface area contributed by atoms with Gasteiger partial charge in [0.1, 0.15) is 5.76 Å². The van der Waals surface area contributed by atoms with E-state index in [-0.39, 0.29) is 17.0 Å². The van der Waals surface area contributed by atoms with Crippen LogP contribution in [0.4, 0.5) is 5.69 Å². The number of aliphatic hydroxyl groups excluding tert-OH is 1. The lowest BCUT2D eigenvalue weighted by Crippen LogP contribution is -2.26. The van der Waals surface area contributed by atoms with Crippen molar-refractivity contribution < 1.29 is 9.90 Å². The molecule has 1 aliphatic carbocycles. The zero-order valence-electron chi connectivity index (χ0n) is 11.0. The molecule has 0 spiro atoms. The van der Waals surface area contributed by atoms with Crippen LogP contribution in [0.5, 0.6) is 0 Å². The van der Waals surface area contributed by atoms with Crippen LogP contribution in [0.1, 0.15) is 26.7 Å². The van der Waals surface area contributed by atoms with Gasteiger partial charge in [-0.15, -0.1) is 0 Å². The molecule has 0 unspecified atom stereocenters. The maximum Gasteiger partial charge on any atom is 0.168 e. The number of allylic oxidation sites excluding steroid dienone is 2. The Labute approximate surface area is 126 Å². The molecule has 3 nitrogen and oxygen atoms in total. The van der Waals surface area contributed by atoms with Gasteiger partial charge in [-0.3, -0.25) is 9.79 Å². The molecule has 0 saturated heterocycles. The van der Waals surface area contributed by atoms with Gasteiger partial charge in [0.15, 0.2) is 5.78 Å². The molecule has 1 aromatic rings. The third-order valence-electron chi connectivity index (χ3n) is 3.07. The number of benzene rings is 1. The Morgan fingerprint density at radius 2 is 1.89 bits per heavy atom. The summed E-state index contributed by atoms with van der Waals surface area (Å²) in [5, 5.41) is 9.96. The summed E-state index contributed by atoms with van der Waals surface area (Å²) in [5.41, 5.74) is 0.956. The predicted octanol–water partition coefficient (Wildman–Crippen LogP) is 4.19. The topological polar surface area (TPSA) is 49.7 Å². The number of hydrogen-bond donors (Lipinski definition) is 1. The van der Waals surface area contributed by atoms with Crippen LogP contribution in [-0.4, -0.2) is 17.1 Å². The molecule has 0 amide bonds. The van der Waals surface area contributed by atoms with Crippen molar-refractivity contribution in [3.05, 3.63) is 39.2 Å². The fraction of sp³-hybridized carbons (Fsp3) is 0.333. The molecule has 0 atom stereocenters. The summed E-state index contributed by atoms with van der Waals surface area (Å²) < 4.78 is 1.13. The van der Waals surface area contributed by atoms with Crippen molar-refractivity contribution in [3.63, 3.8) is 0 Å². The van der Waals surface area contributed by atoms with Crippen molar-refractivity contribution >= 4 is 40.3 Å². The second-order valence-electron chi connectivity index (χ2n) is 5.54. The molecule has 2 rings (SSSR count). The molecule has 0 radical (unpaired) electrons. The lowest BCUT2D eigenvalue weighted by atomic mass is 9.77. The van der Waals surface area contributed by atoms with Crippen molar-refractivity contribution in [3.8, 4) is 0 Å². The standard InChI is InChI=1S/C15H16INO2/c1-15(2)7-13(18)12(14(19)8-15)9-17-11-5-3-10(16)4-6-11/h3-6,9,18H,7-8H2,1-2H3. The molecule has 0 heterocycles. The summed E-state index contributed by atoms with van der Waals surface area (Å²) in [6, 6.07) is 7.67. The first-order valence-electron chi connectivity index (χ1n) is 6.12. The number of carbonyl (C=O) groups excluding carboxylic acids is 1. The van der Waals surface area contributed by atoms with Crippen molar-refractivity contribution in [2.75, 3.05) is 0 Å². The Balaban J connectivity index is 2.23. The fourth-order valence-electron chi connectivity index (χ4n) is 2.11. The molecule has 4 heteroatoms. The Hall–Kier alpha value is -1.17. The van der Waals surface area contributed by atoms with Gasteiger partial charge < -0.3 is 5.11 Å². The summed E-state index contributed by atoms with van der Waals surface area (Å²) in [7, 11) is 0. The molecule has 1 N–H and O–H groups in total. The van der Waals surface area contributed by atoms with Gasteiger partial charge in [0.05, 0.1) is 11.3 Å². The van der Waals surface area contributed by atoms with Crippen LogP contribution in [-0.2, 0) is 4.79 Å². The predicted molar refractivity (Wildman–Crippen MR) is 85.0 cm³/mol. The zero-order valence-corrected chi connectivity index (χ0v) is 13.1. The number of ketones is 1. The first kappa shape index (κ1) is 14.2. The molecule has 0 aliphatic heterocycles. The molecular formula is C15H16INO2. The van der Waals surface area contributed by atoms with E-state index in [4.69, 9.17) is 0 Å². The van der Waals surface area contributed by atoms with Crippen LogP contribution in [0.2, 0.25) is 0 Å². The molecule has 0 saturated carbocycles. The third-order valence-corrected chi connectivity index (χ3v) is 3.78. The fourth-order valence-corrected chi connectivity index (χ4v) is 2.47. The highest BCUT2D eigenvalue weighted by atomic mass is 127. The smallest absolute Gasteiger partial charge is 0.168 e. The largest absolute Gasteiger partial charge is 0.511 e. The van der Waals surface area contributed by atoms with Gasteiger partial charge in [0.2, 0.25) is 0 Å². The van der Waals surface area contributed by atoms with Gasteiger partial charge >= 0.3 is 0 Å². The van der Waals surface area contributed by atoms with Crippen LogP contribution in [0.15, 0.2) is 40.6 Å². The number of nitrogens with zero attached hydrogens (tertiary/aromatic N) is 1. The molecule has 100 valence electrons. The van der Waals surface area contributed by atoms with Crippen molar-refractivity contribution in [2.24, 2.45) is 10.4 Å². The van der Waals surface area contributed by atoms with E-state index in [0.717, 1.165) is 9.26 Å². The van der Waals surface area contributed by atoms with E-state index in [1.54, 1.807) is 0 Å². The number of halogens is 1. The normalized spacial score (nSPS) is 19.2. The van der Waals surface area contributed by atoms with Crippen molar-refractivity contribution in [2.45, 2.75) is 26.7 Å². The highest BCUT2D eigenvalue weighted by molar-refractivity contribution is 14.1. The lowest BCUT2D eigenvalue weighted by molar-refractivity contribution is -0.117. The van der Waals surface area contributed by atoms with Crippen LogP contribution in [0.25, 0.3) is 0 Å². The van der Waals surface area contributed by atoms with Gasteiger partial charge in [0.25, 0.3) is 0 Å². The average Bonchev–Trinajstić information content (AvgIpc) is 2.29. The van der Waals surface area contributed by atoms with Gasteiger partial charge in [-0.05, 0) is 52.3 Å². The highest BCUT2D eigenvalue weighted by Gasteiger charge is 2.32. The van der Waals surface area contributed by atoms with Gasteiger partial charge in [-0.2, -0.15) is 0 Å². The number of aliphatic imine (C=N–C) groups is 1. The number of carbonyl (C=O) groups is 1. The van der Waals surface area contributed by atoms with Crippen molar-refractivity contribution in [1.29, 1.82) is 0 Å². The van der Waals surface area contributed by atoms with E-state index < -0.39 is 0 Å². The summed E-state index contributed by atoms with van der Waals surface area (Å²) in [5.74, 6) is 0.110. The van der Waals surface area contributed by atoms with E-state index >= 15 is 0 Å². The Morgan fingerprint density at radius 1 is 1.26 bits per heavy atom. The monoisotopic (exact) mass is 369 g/mol. The number of hydrogen-bond acceptors (Lipinski definition) is 3. The van der Waals surface area contributed by atoms with Gasteiger partial charge in [-0.25, -0.2) is 0 Å².